The number of rotatable bonds is 4. The number of anilines is 1. The van der Waals surface area contributed by atoms with Crippen molar-refractivity contribution in [1.29, 1.82) is 0 Å². The van der Waals surface area contributed by atoms with Crippen LogP contribution in [0.25, 0.3) is 11.0 Å². The molecule has 2 unspecified atom stereocenters. The number of nitrogen functional groups attached to an aromatic ring is 1. The van der Waals surface area contributed by atoms with Crippen molar-refractivity contribution in [2.75, 3.05) is 12.3 Å². The molecule has 2 rings (SSSR count). The van der Waals surface area contributed by atoms with Crippen LogP contribution in [0.1, 0.15) is 38.7 Å². The zero-order valence-corrected chi connectivity index (χ0v) is 11.9. The first kappa shape index (κ1) is 14.3. The van der Waals surface area contributed by atoms with Gasteiger partial charge in [0.2, 0.25) is 5.91 Å². The van der Waals surface area contributed by atoms with E-state index in [4.69, 9.17) is 5.73 Å². The minimum Gasteiger partial charge on any atom is -0.399 e. The fraction of sp³-hybridized carbons (Fsp3) is 0.429. The van der Waals surface area contributed by atoms with Crippen LogP contribution < -0.4 is 11.1 Å². The maximum Gasteiger partial charge on any atom is 0.242 e. The van der Waals surface area contributed by atoms with E-state index >= 15 is 0 Å². The summed E-state index contributed by atoms with van der Waals surface area (Å²) in [5, 5.41) is 12.7. The van der Waals surface area contributed by atoms with Crippen molar-refractivity contribution >= 4 is 22.6 Å². The molecule has 0 aliphatic rings. The lowest BCUT2D eigenvalue weighted by atomic mass is 10.2. The molecule has 0 aliphatic carbocycles. The van der Waals surface area contributed by atoms with E-state index in [0.717, 1.165) is 5.52 Å². The summed E-state index contributed by atoms with van der Waals surface area (Å²) < 4.78 is 1.75. The summed E-state index contributed by atoms with van der Waals surface area (Å²) in [6, 6.07) is 4.87. The number of likely N-dealkylation sites (N-methyl/N-ethyl adjacent to an activating group) is 1. The number of hydrogen-bond acceptors (Lipinski definition) is 4. The zero-order valence-electron chi connectivity index (χ0n) is 11.9. The quantitative estimate of drug-likeness (QED) is 0.735. The van der Waals surface area contributed by atoms with Crippen molar-refractivity contribution in [1.82, 2.24) is 14.9 Å². The molecule has 108 valence electrons. The SMILES string of the molecule is CCNC(=O)C(C)n1c(C(C)O)nc2cc(N)ccc21. The number of fused-ring (bicyclic) bond motifs is 1. The van der Waals surface area contributed by atoms with Gasteiger partial charge in [-0.05, 0) is 39.0 Å². The highest BCUT2D eigenvalue weighted by molar-refractivity contribution is 5.85. The van der Waals surface area contributed by atoms with E-state index in [2.05, 4.69) is 10.3 Å². The molecule has 0 spiro atoms. The molecule has 0 saturated heterocycles. The highest BCUT2D eigenvalue weighted by Crippen LogP contribution is 2.26. The summed E-state index contributed by atoms with van der Waals surface area (Å²) in [6.07, 6.45) is -0.763. The van der Waals surface area contributed by atoms with Crippen molar-refractivity contribution in [3.8, 4) is 0 Å². The molecule has 0 aliphatic heterocycles. The molecule has 1 aromatic heterocycles. The van der Waals surface area contributed by atoms with E-state index in [1.165, 1.54) is 0 Å². The maximum atomic E-state index is 12.1. The van der Waals surface area contributed by atoms with Crippen LogP contribution in [0, 0.1) is 0 Å². The number of amides is 1. The molecule has 20 heavy (non-hydrogen) atoms. The molecule has 1 aromatic carbocycles. The number of carbonyl (C=O) groups is 1. The predicted molar refractivity (Wildman–Crippen MR) is 78.2 cm³/mol. The summed E-state index contributed by atoms with van der Waals surface area (Å²) >= 11 is 0. The van der Waals surface area contributed by atoms with Gasteiger partial charge in [0.15, 0.2) is 0 Å². The number of aliphatic hydroxyl groups is 1. The first-order valence-electron chi connectivity index (χ1n) is 6.68. The topological polar surface area (TPSA) is 93.2 Å². The van der Waals surface area contributed by atoms with Gasteiger partial charge >= 0.3 is 0 Å². The average Bonchev–Trinajstić information content (AvgIpc) is 2.76. The molecular formula is C14H20N4O2. The monoisotopic (exact) mass is 276 g/mol. The van der Waals surface area contributed by atoms with Crippen LogP contribution in [0.2, 0.25) is 0 Å². The van der Waals surface area contributed by atoms with Gasteiger partial charge in [0, 0.05) is 12.2 Å². The Hall–Kier alpha value is -2.08. The first-order valence-corrected chi connectivity index (χ1v) is 6.68. The molecule has 0 radical (unpaired) electrons. The van der Waals surface area contributed by atoms with Gasteiger partial charge in [-0.3, -0.25) is 4.79 Å². The van der Waals surface area contributed by atoms with Crippen LogP contribution in [0.3, 0.4) is 0 Å². The van der Waals surface area contributed by atoms with Gasteiger partial charge in [-0.2, -0.15) is 0 Å². The summed E-state index contributed by atoms with van der Waals surface area (Å²) in [4.78, 5) is 16.5. The highest BCUT2D eigenvalue weighted by Gasteiger charge is 2.23. The number of imidazole rings is 1. The summed E-state index contributed by atoms with van der Waals surface area (Å²) in [6.45, 7) is 5.85. The number of aromatic nitrogens is 2. The van der Waals surface area contributed by atoms with Gasteiger partial charge in [-0.15, -0.1) is 0 Å². The largest absolute Gasteiger partial charge is 0.399 e. The van der Waals surface area contributed by atoms with Gasteiger partial charge in [-0.25, -0.2) is 4.98 Å². The van der Waals surface area contributed by atoms with Gasteiger partial charge < -0.3 is 20.7 Å². The Morgan fingerprint density at radius 1 is 1.50 bits per heavy atom. The third-order valence-corrected chi connectivity index (χ3v) is 3.23. The number of aliphatic hydroxyl groups excluding tert-OH is 1. The molecule has 0 saturated carbocycles. The Morgan fingerprint density at radius 2 is 2.20 bits per heavy atom. The molecule has 4 N–H and O–H groups in total. The molecule has 0 bridgehead atoms. The van der Waals surface area contributed by atoms with Crippen LogP contribution in [0.4, 0.5) is 5.69 Å². The number of hydrogen-bond donors (Lipinski definition) is 3. The minimum absolute atomic E-state index is 0.106. The third kappa shape index (κ3) is 2.46. The Labute approximate surface area is 117 Å². The van der Waals surface area contributed by atoms with Crippen molar-refractivity contribution in [3.63, 3.8) is 0 Å². The lowest BCUT2D eigenvalue weighted by Gasteiger charge is -2.18. The molecule has 1 amide bonds. The highest BCUT2D eigenvalue weighted by atomic mass is 16.3. The third-order valence-electron chi connectivity index (χ3n) is 3.23. The lowest BCUT2D eigenvalue weighted by molar-refractivity contribution is -0.123. The summed E-state index contributed by atoms with van der Waals surface area (Å²) in [5.41, 5.74) is 7.82. The van der Waals surface area contributed by atoms with Gasteiger partial charge in [0.25, 0.3) is 0 Å². The van der Waals surface area contributed by atoms with Crippen LogP contribution in [0.15, 0.2) is 18.2 Å². The number of carbonyl (C=O) groups excluding carboxylic acids is 1. The first-order chi connectivity index (χ1) is 9.45. The predicted octanol–water partition coefficient (Wildman–Crippen LogP) is 1.37. The Kier molecular flexibility index (Phi) is 3.94. The molecule has 2 aromatic rings. The molecule has 6 heteroatoms. The molecule has 0 fully saturated rings. The van der Waals surface area contributed by atoms with Crippen LogP contribution in [-0.2, 0) is 4.79 Å². The van der Waals surface area contributed by atoms with Crippen LogP contribution >= 0.6 is 0 Å². The average molecular weight is 276 g/mol. The second kappa shape index (κ2) is 5.50. The van der Waals surface area contributed by atoms with Crippen LogP contribution in [0.5, 0.6) is 0 Å². The van der Waals surface area contributed by atoms with E-state index in [1.54, 1.807) is 30.5 Å². The smallest absolute Gasteiger partial charge is 0.242 e. The molecule has 1 heterocycles. The summed E-state index contributed by atoms with van der Waals surface area (Å²) in [5.74, 6) is 0.356. The van der Waals surface area contributed by atoms with E-state index in [1.807, 2.05) is 13.0 Å². The van der Waals surface area contributed by atoms with E-state index in [-0.39, 0.29) is 5.91 Å². The fourth-order valence-electron chi connectivity index (χ4n) is 2.28. The zero-order chi connectivity index (χ0) is 14.9. The Balaban J connectivity index is 2.59. The molecule has 2 atom stereocenters. The number of nitrogens with one attached hydrogen (secondary N) is 1. The van der Waals surface area contributed by atoms with Crippen molar-refractivity contribution in [2.24, 2.45) is 0 Å². The Morgan fingerprint density at radius 3 is 2.80 bits per heavy atom. The normalized spacial score (nSPS) is 14.2. The van der Waals surface area contributed by atoms with Crippen LogP contribution in [-0.4, -0.2) is 27.1 Å². The standard InChI is InChI=1S/C14H20N4O2/c1-4-16-14(20)8(2)18-12-6-5-10(15)7-11(12)17-13(18)9(3)19/h5-9,19H,4,15H2,1-3H3,(H,16,20). The summed E-state index contributed by atoms with van der Waals surface area (Å²) in [7, 11) is 0. The number of benzene rings is 1. The van der Waals surface area contributed by atoms with Crippen molar-refractivity contribution in [3.05, 3.63) is 24.0 Å². The Bertz CT molecular complexity index is 633. The van der Waals surface area contributed by atoms with Gasteiger partial charge in [0.05, 0.1) is 11.0 Å². The number of nitrogens with zero attached hydrogens (tertiary/aromatic N) is 2. The maximum absolute atomic E-state index is 12.1. The van der Waals surface area contributed by atoms with Crippen molar-refractivity contribution in [2.45, 2.75) is 32.9 Å². The minimum atomic E-state index is -0.763. The molecular weight excluding hydrogens is 256 g/mol. The second-order valence-corrected chi connectivity index (χ2v) is 4.83. The lowest BCUT2D eigenvalue weighted by Crippen LogP contribution is -2.31. The van der Waals surface area contributed by atoms with E-state index < -0.39 is 12.1 Å². The molecule has 6 nitrogen and oxygen atoms in total. The van der Waals surface area contributed by atoms with E-state index in [0.29, 0.717) is 23.6 Å². The van der Waals surface area contributed by atoms with Gasteiger partial charge in [0.1, 0.15) is 18.0 Å². The second-order valence-electron chi connectivity index (χ2n) is 4.83. The fourth-order valence-corrected chi connectivity index (χ4v) is 2.28. The van der Waals surface area contributed by atoms with Gasteiger partial charge in [-0.1, -0.05) is 0 Å². The van der Waals surface area contributed by atoms with Crippen molar-refractivity contribution < 1.29 is 9.90 Å². The van der Waals surface area contributed by atoms with E-state index in [9.17, 15) is 9.90 Å². The number of nitrogens with two attached hydrogens (primary N) is 1.